The fourth-order valence-corrected chi connectivity index (χ4v) is 4.71. The van der Waals surface area contributed by atoms with E-state index in [1.807, 2.05) is 22.1 Å². The predicted octanol–water partition coefficient (Wildman–Crippen LogP) is 3.45. The lowest BCUT2D eigenvalue weighted by Crippen LogP contribution is -2.41. The summed E-state index contributed by atoms with van der Waals surface area (Å²) in [6, 6.07) is 0. The van der Waals surface area contributed by atoms with Crippen LogP contribution in [-0.4, -0.2) is 47.5 Å². The molecule has 144 valence electrons. The SMILES string of the molecule is CC1=CC(N2CC(C3CCN(C(=O)C4=CCCC=N4)CC3)CC2=O)=CCC1. The van der Waals surface area contributed by atoms with Crippen molar-refractivity contribution < 1.29 is 9.59 Å². The van der Waals surface area contributed by atoms with Gasteiger partial charge in [0, 0.05) is 38.0 Å². The number of amides is 2. The van der Waals surface area contributed by atoms with Gasteiger partial charge in [-0.3, -0.25) is 14.6 Å². The van der Waals surface area contributed by atoms with Crippen LogP contribution in [0, 0.1) is 11.8 Å². The molecule has 1 aliphatic carbocycles. The van der Waals surface area contributed by atoms with Crippen molar-refractivity contribution in [3.05, 3.63) is 35.2 Å². The molecule has 27 heavy (non-hydrogen) atoms. The Morgan fingerprint density at radius 1 is 1.11 bits per heavy atom. The number of nitrogens with zero attached hydrogens (tertiary/aromatic N) is 3. The molecule has 2 amide bonds. The van der Waals surface area contributed by atoms with Crippen LogP contribution in [-0.2, 0) is 9.59 Å². The van der Waals surface area contributed by atoms with Crippen molar-refractivity contribution >= 4 is 18.0 Å². The van der Waals surface area contributed by atoms with E-state index in [-0.39, 0.29) is 11.8 Å². The maximum atomic E-state index is 12.6. The van der Waals surface area contributed by atoms with Gasteiger partial charge in [-0.2, -0.15) is 0 Å². The fraction of sp³-hybridized carbons (Fsp3) is 0.591. The quantitative estimate of drug-likeness (QED) is 0.767. The van der Waals surface area contributed by atoms with Gasteiger partial charge in [0.1, 0.15) is 5.70 Å². The topological polar surface area (TPSA) is 53.0 Å². The van der Waals surface area contributed by atoms with Crippen LogP contribution in [0.5, 0.6) is 0 Å². The van der Waals surface area contributed by atoms with E-state index in [0.29, 0.717) is 24.0 Å². The van der Waals surface area contributed by atoms with Crippen molar-refractivity contribution in [3.63, 3.8) is 0 Å². The number of piperidine rings is 1. The van der Waals surface area contributed by atoms with E-state index in [2.05, 4.69) is 24.1 Å². The maximum Gasteiger partial charge on any atom is 0.272 e. The van der Waals surface area contributed by atoms with Crippen molar-refractivity contribution in [2.24, 2.45) is 16.8 Å². The van der Waals surface area contributed by atoms with Crippen LogP contribution in [0.4, 0.5) is 0 Å². The van der Waals surface area contributed by atoms with E-state index in [4.69, 9.17) is 0 Å². The highest BCUT2D eigenvalue weighted by molar-refractivity contribution is 5.95. The summed E-state index contributed by atoms with van der Waals surface area (Å²) in [4.78, 5) is 33.4. The van der Waals surface area contributed by atoms with Gasteiger partial charge in [-0.05, 0) is 63.4 Å². The van der Waals surface area contributed by atoms with Gasteiger partial charge in [-0.15, -0.1) is 0 Å². The van der Waals surface area contributed by atoms with Gasteiger partial charge in [0.25, 0.3) is 5.91 Å². The van der Waals surface area contributed by atoms with Crippen molar-refractivity contribution in [1.29, 1.82) is 0 Å². The first-order chi connectivity index (χ1) is 13.1. The second-order valence-electron chi connectivity index (χ2n) is 8.23. The van der Waals surface area contributed by atoms with Crippen molar-refractivity contribution in [2.75, 3.05) is 19.6 Å². The summed E-state index contributed by atoms with van der Waals surface area (Å²) in [6.07, 6.45) is 14.8. The molecule has 1 atom stereocenters. The normalized spacial score (nSPS) is 26.8. The van der Waals surface area contributed by atoms with Crippen molar-refractivity contribution in [1.82, 2.24) is 9.80 Å². The largest absolute Gasteiger partial charge is 0.337 e. The first-order valence-corrected chi connectivity index (χ1v) is 10.3. The number of rotatable bonds is 3. The molecule has 3 heterocycles. The van der Waals surface area contributed by atoms with Crippen molar-refractivity contribution in [2.45, 2.75) is 51.9 Å². The highest BCUT2D eigenvalue weighted by Crippen LogP contribution is 2.35. The molecule has 0 aromatic heterocycles. The summed E-state index contributed by atoms with van der Waals surface area (Å²) in [7, 11) is 0. The van der Waals surface area contributed by atoms with Gasteiger partial charge < -0.3 is 9.80 Å². The van der Waals surface area contributed by atoms with Crippen LogP contribution in [0.25, 0.3) is 0 Å². The van der Waals surface area contributed by atoms with Gasteiger partial charge in [0.05, 0.1) is 0 Å². The van der Waals surface area contributed by atoms with E-state index in [0.717, 1.165) is 63.9 Å². The monoisotopic (exact) mass is 367 g/mol. The number of allylic oxidation sites excluding steroid dienone is 4. The Kier molecular flexibility index (Phi) is 5.28. The van der Waals surface area contributed by atoms with Gasteiger partial charge >= 0.3 is 0 Å². The van der Waals surface area contributed by atoms with E-state index >= 15 is 0 Å². The number of hydrogen-bond donors (Lipinski definition) is 0. The molecule has 0 aromatic carbocycles. The number of carbonyl (C=O) groups is 2. The molecule has 0 aromatic rings. The van der Waals surface area contributed by atoms with Crippen molar-refractivity contribution in [3.8, 4) is 0 Å². The minimum atomic E-state index is 0.0708. The molecule has 3 aliphatic heterocycles. The first-order valence-electron chi connectivity index (χ1n) is 10.3. The Morgan fingerprint density at radius 2 is 1.93 bits per heavy atom. The fourth-order valence-electron chi connectivity index (χ4n) is 4.71. The maximum absolute atomic E-state index is 12.6. The molecular weight excluding hydrogens is 338 g/mol. The van der Waals surface area contributed by atoms with Gasteiger partial charge in [0.2, 0.25) is 5.91 Å². The third kappa shape index (κ3) is 3.92. The minimum absolute atomic E-state index is 0.0708. The van der Waals surface area contributed by atoms with Gasteiger partial charge in [-0.25, -0.2) is 0 Å². The standard InChI is InChI=1S/C22H29N3O2/c1-16-5-4-6-19(13-16)25-15-18(14-21(25)26)17-8-11-24(12-9-17)22(27)20-7-2-3-10-23-20/h6-7,10,13,17-18H,2-5,8-9,11-12,14-15H2,1H3. The van der Waals surface area contributed by atoms with E-state index < -0.39 is 0 Å². The summed E-state index contributed by atoms with van der Waals surface area (Å²) >= 11 is 0. The molecule has 4 rings (SSSR count). The summed E-state index contributed by atoms with van der Waals surface area (Å²) in [5.74, 6) is 1.28. The Balaban J connectivity index is 1.33. The Hall–Kier alpha value is -2.17. The smallest absolute Gasteiger partial charge is 0.272 e. The molecule has 2 saturated heterocycles. The van der Waals surface area contributed by atoms with Crippen LogP contribution >= 0.6 is 0 Å². The molecule has 5 heteroatoms. The average Bonchev–Trinajstić information content (AvgIpc) is 3.10. The van der Waals surface area contributed by atoms with Crippen LogP contribution in [0.1, 0.15) is 51.9 Å². The van der Waals surface area contributed by atoms with Gasteiger partial charge in [0.15, 0.2) is 0 Å². The van der Waals surface area contributed by atoms with E-state index in [1.165, 1.54) is 5.57 Å². The highest BCUT2D eigenvalue weighted by Gasteiger charge is 2.38. The van der Waals surface area contributed by atoms with E-state index in [9.17, 15) is 9.59 Å². The number of aliphatic imine (C=N–C) groups is 1. The summed E-state index contributed by atoms with van der Waals surface area (Å²) in [5, 5.41) is 0. The van der Waals surface area contributed by atoms with E-state index in [1.54, 1.807) is 0 Å². The third-order valence-electron chi connectivity index (χ3n) is 6.33. The number of carbonyl (C=O) groups excluding carboxylic acids is 2. The zero-order chi connectivity index (χ0) is 18.8. The molecule has 0 spiro atoms. The molecule has 0 radical (unpaired) electrons. The molecule has 4 aliphatic rings. The molecule has 0 saturated carbocycles. The third-order valence-corrected chi connectivity index (χ3v) is 6.33. The molecule has 5 nitrogen and oxygen atoms in total. The van der Waals surface area contributed by atoms with Crippen LogP contribution in [0.15, 0.2) is 40.2 Å². The predicted molar refractivity (Wildman–Crippen MR) is 106 cm³/mol. The summed E-state index contributed by atoms with van der Waals surface area (Å²) in [6.45, 7) is 4.54. The zero-order valence-corrected chi connectivity index (χ0v) is 16.2. The lowest BCUT2D eigenvalue weighted by atomic mass is 9.83. The molecule has 0 N–H and O–H groups in total. The number of hydrogen-bond acceptors (Lipinski definition) is 3. The summed E-state index contributed by atoms with van der Waals surface area (Å²) < 4.78 is 0. The van der Waals surface area contributed by atoms with Crippen LogP contribution < -0.4 is 0 Å². The Labute approximate surface area is 161 Å². The average molecular weight is 367 g/mol. The van der Waals surface area contributed by atoms with Crippen LogP contribution in [0.2, 0.25) is 0 Å². The van der Waals surface area contributed by atoms with Gasteiger partial charge in [-0.1, -0.05) is 17.7 Å². The Morgan fingerprint density at radius 3 is 2.63 bits per heavy atom. The Bertz CT molecular complexity index is 739. The molecule has 1 unspecified atom stereocenters. The molecule has 0 bridgehead atoms. The lowest BCUT2D eigenvalue weighted by molar-refractivity contribution is -0.129. The minimum Gasteiger partial charge on any atom is -0.337 e. The highest BCUT2D eigenvalue weighted by atomic mass is 16.2. The second kappa shape index (κ2) is 7.83. The second-order valence-corrected chi connectivity index (χ2v) is 8.23. The number of likely N-dealkylation sites (tertiary alicyclic amines) is 2. The summed E-state index contributed by atoms with van der Waals surface area (Å²) in [5.41, 5.74) is 3.06. The first kappa shape index (κ1) is 18.2. The molecule has 2 fully saturated rings. The van der Waals surface area contributed by atoms with Crippen LogP contribution in [0.3, 0.4) is 0 Å². The zero-order valence-electron chi connectivity index (χ0n) is 16.2. The lowest BCUT2D eigenvalue weighted by Gasteiger charge is -2.35. The molecular formula is C22H29N3O2.